The third kappa shape index (κ3) is 3.77. The van der Waals surface area contributed by atoms with Crippen LogP contribution in [0, 0.1) is 6.92 Å². The van der Waals surface area contributed by atoms with Crippen molar-refractivity contribution in [2.75, 3.05) is 0 Å². The minimum Gasteiger partial charge on any atom is -0.300 e. The quantitative estimate of drug-likeness (QED) is 0.363. The van der Waals surface area contributed by atoms with E-state index in [-0.39, 0.29) is 5.78 Å². The molecule has 0 aliphatic heterocycles. The summed E-state index contributed by atoms with van der Waals surface area (Å²) in [6, 6.07) is 12.2. The number of hydrogen-bond acceptors (Lipinski definition) is 5. The molecule has 5 rings (SSSR count). The average molecular weight is 493 g/mol. The zero-order chi connectivity index (χ0) is 21.5. The van der Waals surface area contributed by atoms with Gasteiger partial charge in [0.2, 0.25) is 0 Å². The maximum absolute atomic E-state index is 11.7. The highest BCUT2D eigenvalue weighted by molar-refractivity contribution is 9.10. The summed E-state index contributed by atoms with van der Waals surface area (Å²) < 4.78 is 3.02. The van der Waals surface area contributed by atoms with Gasteiger partial charge in [0.1, 0.15) is 10.8 Å². The molecule has 5 nitrogen and oxygen atoms in total. The average Bonchev–Trinajstić information content (AvgIpc) is 3.25. The van der Waals surface area contributed by atoms with E-state index in [1.54, 1.807) is 18.3 Å². The molecule has 7 heteroatoms. The standard InChI is InChI=1S/C24H21BrN4OS/c1-14-10-11-16(13-26-14)22-17-6-5-8-19-24(31-21(27-19)12-15(2)30)23(17)29(28-22)20-9-4-3-7-18(20)25/h3-4,7,9-11,13H,5-6,8,12H2,1-2H3. The molecule has 0 bridgehead atoms. The van der Waals surface area contributed by atoms with E-state index in [1.807, 2.05) is 42.1 Å². The topological polar surface area (TPSA) is 60.7 Å². The lowest BCUT2D eigenvalue weighted by atomic mass is 10.0. The van der Waals surface area contributed by atoms with E-state index < -0.39 is 0 Å². The Hall–Kier alpha value is -2.64. The molecule has 1 aliphatic carbocycles. The van der Waals surface area contributed by atoms with Gasteiger partial charge in [-0.2, -0.15) is 5.10 Å². The molecule has 0 fully saturated rings. The van der Waals surface area contributed by atoms with Gasteiger partial charge >= 0.3 is 0 Å². The van der Waals surface area contributed by atoms with Gasteiger partial charge in [0.05, 0.1) is 34.1 Å². The predicted molar refractivity (Wildman–Crippen MR) is 127 cm³/mol. The second-order valence-electron chi connectivity index (χ2n) is 7.84. The number of ketones is 1. The van der Waals surface area contributed by atoms with Gasteiger partial charge in [-0.05, 0) is 73.3 Å². The summed E-state index contributed by atoms with van der Waals surface area (Å²) in [5, 5.41) is 5.97. The predicted octanol–water partition coefficient (Wildman–Crippen LogP) is 5.75. The number of fused-ring (bicyclic) bond motifs is 3. The lowest BCUT2D eigenvalue weighted by Gasteiger charge is -2.09. The molecule has 0 saturated carbocycles. The fraction of sp³-hybridized carbons (Fsp3) is 0.250. The number of thiazole rings is 1. The van der Waals surface area contributed by atoms with Crippen LogP contribution >= 0.6 is 27.3 Å². The number of para-hydroxylation sites is 1. The smallest absolute Gasteiger partial charge is 0.136 e. The fourth-order valence-electron chi connectivity index (χ4n) is 4.03. The van der Waals surface area contributed by atoms with Gasteiger partial charge in [-0.3, -0.25) is 9.78 Å². The number of carbonyl (C=O) groups excluding carboxylic acids is 1. The molecule has 3 aromatic heterocycles. The van der Waals surface area contributed by atoms with E-state index in [2.05, 4.69) is 33.0 Å². The summed E-state index contributed by atoms with van der Waals surface area (Å²) in [6.07, 6.45) is 5.11. The molecule has 1 aliphatic rings. The van der Waals surface area contributed by atoms with Crippen LogP contribution in [0.2, 0.25) is 0 Å². The highest BCUT2D eigenvalue weighted by Gasteiger charge is 2.28. The van der Waals surface area contributed by atoms with E-state index in [9.17, 15) is 4.79 Å². The van der Waals surface area contributed by atoms with E-state index in [0.717, 1.165) is 67.6 Å². The lowest BCUT2D eigenvalue weighted by Crippen LogP contribution is -2.00. The van der Waals surface area contributed by atoms with Crippen LogP contribution in [0.15, 0.2) is 47.1 Å². The minimum atomic E-state index is 0.134. The maximum Gasteiger partial charge on any atom is 0.136 e. The molecule has 3 heterocycles. The number of benzene rings is 1. The Morgan fingerprint density at radius 3 is 2.77 bits per heavy atom. The molecule has 0 N–H and O–H groups in total. The molecule has 1 aromatic carbocycles. The fourth-order valence-corrected chi connectivity index (χ4v) is 5.73. The zero-order valence-electron chi connectivity index (χ0n) is 17.4. The second-order valence-corrected chi connectivity index (χ2v) is 9.78. The molecule has 0 atom stereocenters. The first kappa shape index (κ1) is 20.3. The van der Waals surface area contributed by atoms with Crippen LogP contribution in [0.3, 0.4) is 0 Å². The SMILES string of the molecule is CC(=O)Cc1nc2c(s1)-c1c(c(-c3ccc(C)nc3)nn1-c1ccccc1Br)CCC2. The number of nitrogens with zero attached hydrogens (tertiary/aromatic N) is 4. The first-order chi connectivity index (χ1) is 15.0. The van der Waals surface area contributed by atoms with E-state index in [1.165, 1.54) is 5.56 Å². The van der Waals surface area contributed by atoms with Crippen molar-refractivity contribution >= 4 is 33.0 Å². The summed E-state index contributed by atoms with van der Waals surface area (Å²) in [6.45, 7) is 3.61. The molecule has 0 unspecified atom stereocenters. The first-order valence-corrected chi connectivity index (χ1v) is 11.9. The summed E-state index contributed by atoms with van der Waals surface area (Å²) >= 11 is 5.32. The summed E-state index contributed by atoms with van der Waals surface area (Å²) in [4.78, 5) is 22.2. The van der Waals surface area contributed by atoms with Gasteiger partial charge < -0.3 is 0 Å². The van der Waals surface area contributed by atoms with Gasteiger partial charge in [0, 0.05) is 27.5 Å². The summed E-state index contributed by atoms with van der Waals surface area (Å²) in [5.74, 6) is 0.134. The van der Waals surface area contributed by atoms with Crippen molar-refractivity contribution in [3.05, 3.63) is 69.0 Å². The third-order valence-corrected chi connectivity index (χ3v) is 7.22. The number of pyridine rings is 1. The molecule has 31 heavy (non-hydrogen) atoms. The zero-order valence-corrected chi connectivity index (χ0v) is 19.8. The molecule has 0 amide bonds. The summed E-state index contributed by atoms with van der Waals surface area (Å²) in [5.41, 5.74) is 7.33. The normalized spacial score (nSPS) is 12.9. The summed E-state index contributed by atoms with van der Waals surface area (Å²) in [7, 11) is 0. The van der Waals surface area contributed by atoms with Crippen LogP contribution < -0.4 is 0 Å². The van der Waals surface area contributed by atoms with Crippen molar-refractivity contribution in [2.24, 2.45) is 0 Å². The Labute approximate surface area is 193 Å². The number of aromatic nitrogens is 4. The van der Waals surface area contributed by atoms with Crippen molar-refractivity contribution < 1.29 is 4.79 Å². The second kappa shape index (κ2) is 8.13. The molecule has 156 valence electrons. The number of aryl methyl sites for hydroxylation is 2. The van der Waals surface area contributed by atoms with Crippen LogP contribution in [0.25, 0.3) is 27.5 Å². The Morgan fingerprint density at radius 2 is 2.03 bits per heavy atom. The molecule has 0 saturated heterocycles. The number of Topliss-reactive ketones (excluding diaryl/α,β-unsaturated/α-hetero) is 1. The van der Waals surface area contributed by atoms with Crippen LogP contribution in [-0.2, 0) is 24.1 Å². The Kier molecular flexibility index (Phi) is 5.32. The number of halogens is 1. The minimum absolute atomic E-state index is 0.134. The van der Waals surface area contributed by atoms with E-state index >= 15 is 0 Å². The number of rotatable bonds is 4. The molecule has 0 spiro atoms. The number of carbonyl (C=O) groups is 1. The lowest BCUT2D eigenvalue weighted by molar-refractivity contribution is -0.116. The Bertz CT molecular complexity index is 1290. The monoisotopic (exact) mass is 492 g/mol. The Morgan fingerprint density at radius 1 is 1.19 bits per heavy atom. The van der Waals surface area contributed by atoms with Gasteiger partial charge in [0.15, 0.2) is 0 Å². The van der Waals surface area contributed by atoms with Gasteiger partial charge in [-0.15, -0.1) is 11.3 Å². The van der Waals surface area contributed by atoms with Crippen LogP contribution in [-0.4, -0.2) is 25.5 Å². The van der Waals surface area contributed by atoms with Crippen molar-refractivity contribution in [1.82, 2.24) is 19.7 Å². The van der Waals surface area contributed by atoms with Crippen molar-refractivity contribution in [2.45, 2.75) is 39.5 Å². The third-order valence-electron chi connectivity index (χ3n) is 5.45. The molecule has 4 aromatic rings. The van der Waals surface area contributed by atoms with Crippen LogP contribution in [0.4, 0.5) is 0 Å². The maximum atomic E-state index is 11.7. The largest absolute Gasteiger partial charge is 0.300 e. The highest BCUT2D eigenvalue weighted by Crippen LogP contribution is 2.42. The van der Waals surface area contributed by atoms with Gasteiger partial charge in [-0.1, -0.05) is 12.1 Å². The van der Waals surface area contributed by atoms with Crippen LogP contribution in [0.1, 0.15) is 35.3 Å². The molecular formula is C24H21BrN4OS. The van der Waals surface area contributed by atoms with Gasteiger partial charge in [0.25, 0.3) is 0 Å². The first-order valence-electron chi connectivity index (χ1n) is 10.3. The van der Waals surface area contributed by atoms with Crippen molar-refractivity contribution in [3.63, 3.8) is 0 Å². The highest BCUT2D eigenvalue weighted by atomic mass is 79.9. The van der Waals surface area contributed by atoms with Crippen molar-refractivity contribution in [1.29, 1.82) is 0 Å². The molecular weight excluding hydrogens is 472 g/mol. The van der Waals surface area contributed by atoms with E-state index in [4.69, 9.17) is 10.1 Å². The molecule has 0 radical (unpaired) electrons. The Balaban J connectivity index is 1.78. The number of hydrogen-bond donors (Lipinski definition) is 0. The van der Waals surface area contributed by atoms with Crippen molar-refractivity contribution in [3.8, 4) is 27.5 Å². The van der Waals surface area contributed by atoms with Crippen LogP contribution in [0.5, 0.6) is 0 Å². The van der Waals surface area contributed by atoms with E-state index in [0.29, 0.717) is 6.42 Å². The van der Waals surface area contributed by atoms with Gasteiger partial charge in [-0.25, -0.2) is 9.67 Å².